The molecule has 6 fully saturated rings. The van der Waals surface area contributed by atoms with Crippen LogP contribution in [0.3, 0.4) is 0 Å². The molecule has 1 aliphatic heterocycles. The SMILES string of the molecule is CC1(C2C=CC(C3CCC4CCCCC4C3)CC2)CC(C2C=CC(C3CCCCC3)CC2)NC(C2CCC(C3CC[C@@H]4C=CCCC4C3)C2)C1. The Labute approximate surface area is 309 Å². The summed E-state index contributed by atoms with van der Waals surface area (Å²) in [5.41, 5.74) is 0.460. The van der Waals surface area contributed by atoms with Crippen LogP contribution in [0.25, 0.3) is 0 Å². The highest BCUT2D eigenvalue weighted by atomic mass is 15.0. The molecular formula is C49H77N. The van der Waals surface area contributed by atoms with Crippen LogP contribution in [0.15, 0.2) is 36.5 Å². The zero-order valence-corrected chi connectivity index (χ0v) is 32.5. The van der Waals surface area contributed by atoms with Crippen LogP contribution in [0.2, 0.25) is 0 Å². The lowest BCUT2D eigenvalue weighted by atomic mass is 9.58. The van der Waals surface area contributed by atoms with E-state index in [1.807, 2.05) is 0 Å². The molecule has 8 aliphatic carbocycles. The van der Waals surface area contributed by atoms with Crippen LogP contribution in [0, 0.1) is 82.3 Å². The van der Waals surface area contributed by atoms with Crippen molar-refractivity contribution >= 4 is 0 Å². The van der Waals surface area contributed by atoms with Crippen molar-refractivity contribution in [2.75, 3.05) is 0 Å². The minimum Gasteiger partial charge on any atom is -0.310 e. The maximum absolute atomic E-state index is 4.52. The second kappa shape index (κ2) is 15.5. The maximum atomic E-state index is 4.52. The van der Waals surface area contributed by atoms with Gasteiger partial charge in [0.1, 0.15) is 0 Å². The zero-order valence-electron chi connectivity index (χ0n) is 32.5. The van der Waals surface area contributed by atoms with Crippen LogP contribution in [0.1, 0.15) is 174 Å². The van der Waals surface area contributed by atoms with E-state index in [-0.39, 0.29) is 0 Å². The Morgan fingerprint density at radius 3 is 1.72 bits per heavy atom. The molecule has 50 heavy (non-hydrogen) atoms. The molecule has 9 rings (SSSR count). The van der Waals surface area contributed by atoms with Gasteiger partial charge in [-0.2, -0.15) is 0 Å². The number of rotatable bonds is 6. The molecule has 0 aromatic rings. The lowest BCUT2D eigenvalue weighted by Crippen LogP contribution is -2.56. The minimum atomic E-state index is 0.460. The first kappa shape index (κ1) is 34.9. The Balaban J connectivity index is 0.885. The molecule has 5 saturated carbocycles. The third-order valence-corrected chi connectivity index (χ3v) is 18.4. The summed E-state index contributed by atoms with van der Waals surface area (Å²) < 4.78 is 0. The summed E-state index contributed by atoms with van der Waals surface area (Å²) in [6.45, 7) is 2.79. The first-order chi connectivity index (χ1) is 24.6. The molecule has 1 saturated heterocycles. The van der Waals surface area contributed by atoms with Gasteiger partial charge in [-0.1, -0.05) is 88.3 Å². The number of fused-ring (bicyclic) bond motifs is 2. The van der Waals surface area contributed by atoms with Crippen molar-refractivity contribution < 1.29 is 0 Å². The van der Waals surface area contributed by atoms with E-state index < -0.39 is 0 Å². The van der Waals surface area contributed by atoms with Gasteiger partial charge in [0.05, 0.1) is 0 Å². The maximum Gasteiger partial charge on any atom is 0.0138 e. The largest absolute Gasteiger partial charge is 0.310 e. The van der Waals surface area contributed by atoms with Crippen LogP contribution in [0.5, 0.6) is 0 Å². The number of nitrogens with one attached hydrogen (secondary N) is 1. The van der Waals surface area contributed by atoms with Crippen LogP contribution in [0.4, 0.5) is 0 Å². The molecule has 0 radical (unpaired) electrons. The third kappa shape index (κ3) is 7.45. The van der Waals surface area contributed by atoms with Crippen molar-refractivity contribution in [3.8, 4) is 0 Å². The number of allylic oxidation sites excluding steroid dienone is 5. The van der Waals surface area contributed by atoms with Crippen molar-refractivity contribution in [3.05, 3.63) is 36.5 Å². The highest BCUT2D eigenvalue weighted by Crippen LogP contribution is 2.54. The van der Waals surface area contributed by atoms with E-state index in [4.69, 9.17) is 0 Å². The third-order valence-electron chi connectivity index (χ3n) is 18.4. The molecule has 1 nitrogen and oxygen atoms in total. The minimum absolute atomic E-state index is 0.460. The van der Waals surface area contributed by atoms with E-state index in [1.165, 1.54) is 135 Å². The number of hydrogen-bond acceptors (Lipinski definition) is 1. The fraction of sp³-hybridized carbons (Fsp3) is 0.878. The van der Waals surface area contributed by atoms with Gasteiger partial charge in [0, 0.05) is 12.1 Å². The molecule has 15 atom stereocenters. The van der Waals surface area contributed by atoms with E-state index in [2.05, 4.69) is 48.7 Å². The van der Waals surface area contributed by atoms with Gasteiger partial charge in [0.25, 0.3) is 0 Å². The molecule has 9 aliphatic rings. The van der Waals surface area contributed by atoms with Gasteiger partial charge < -0.3 is 5.32 Å². The summed E-state index contributed by atoms with van der Waals surface area (Å²) in [6.07, 6.45) is 55.2. The lowest BCUT2D eigenvalue weighted by Gasteiger charge is -2.52. The Morgan fingerprint density at radius 1 is 0.400 bits per heavy atom. The number of piperidine rings is 1. The van der Waals surface area contributed by atoms with Crippen molar-refractivity contribution in [1.29, 1.82) is 0 Å². The summed E-state index contributed by atoms with van der Waals surface area (Å²) in [6, 6.07) is 1.44. The topological polar surface area (TPSA) is 12.0 Å². The quantitative estimate of drug-likeness (QED) is 0.276. The molecule has 1 N–H and O–H groups in total. The van der Waals surface area contributed by atoms with Crippen molar-refractivity contribution in [2.45, 2.75) is 186 Å². The fourth-order valence-corrected chi connectivity index (χ4v) is 15.4. The Bertz CT molecular complexity index is 1210. The Morgan fingerprint density at radius 2 is 0.920 bits per heavy atom. The van der Waals surface area contributed by atoms with Gasteiger partial charge in [-0.05, 0) is 204 Å². The van der Waals surface area contributed by atoms with E-state index in [1.54, 1.807) is 32.1 Å². The molecule has 0 spiro atoms. The van der Waals surface area contributed by atoms with Crippen LogP contribution >= 0.6 is 0 Å². The average Bonchev–Trinajstić information content (AvgIpc) is 3.69. The molecule has 1 heteroatoms. The predicted octanol–water partition coefficient (Wildman–Crippen LogP) is 13.3. The van der Waals surface area contributed by atoms with E-state index in [0.29, 0.717) is 11.5 Å². The lowest BCUT2D eigenvalue weighted by molar-refractivity contribution is 0.0450. The van der Waals surface area contributed by atoms with E-state index in [0.717, 1.165) is 83.0 Å². The van der Waals surface area contributed by atoms with Gasteiger partial charge in [-0.15, -0.1) is 0 Å². The summed E-state index contributed by atoms with van der Waals surface area (Å²) >= 11 is 0. The summed E-state index contributed by atoms with van der Waals surface area (Å²) in [7, 11) is 0. The van der Waals surface area contributed by atoms with Crippen LogP contribution in [-0.4, -0.2) is 12.1 Å². The monoisotopic (exact) mass is 680 g/mol. The van der Waals surface area contributed by atoms with Gasteiger partial charge in [0.15, 0.2) is 0 Å². The molecule has 0 aromatic heterocycles. The highest BCUT2D eigenvalue weighted by molar-refractivity contribution is 5.13. The zero-order chi connectivity index (χ0) is 33.5. The molecule has 14 unspecified atom stereocenters. The predicted molar refractivity (Wildman–Crippen MR) is 212 cm³/mol. The molecule has 278 valence electrons. The standard InChI is InChI=1S/C49H77N/c1-49(46-27-25-38(26-28-46)42-21-17-35-11-5-7-13-40(35)29-42)32-47(39-19-15-37(16-20-39)34-9-3-2-4-10-34)50-48(33-49)45-24-23-44(31-45)43-22-18-36-12-6-8-14-41(36)30-43/h6,12,15,19,25,27,34-48,50H,2-5,7-11,13-14,16-18,20-24,26,28-33H2,1H3/t35?,36-,37?,38?,39?,40?,41?,42?,43?,44?,45?,46?,47?,48?,49?/m0/s1. The second-order valence-corrected chi connectivity index (χ2v) is 21.1. The smallest absolute Gasteiger partial charge is 0.0138 e. The summed E-state index contributed by atoms with van der Waals surface area (Å²) in [5.74, 6) is 12.3. The van der Waals surface area contributed by atoms with Crippen LogP contribution in [-0.2, 0) is 0 Å². The Kier molecular flexibility index (Phi) is 10.8. The van der Waals surface area contributed by atoms with Gasteiger partial charge in [-0.25, -0.2) is 0 Å². The summed E-state index contributed by atoms with van der Waals surface area (Å²) in [5, 5.41) is 4.52. The van der Waals surface area contributed by atoms with Gasteiger partial charge >= 0.3 is 0 Å². The first-order valence-corrected chi connectivity index (χ1v) is 23.4. The fourth-order valence-electron chi connectivity index (χ4n) is 15.4. The van der Waals surface area contributed by atoms with Gasteiger partial charge in [0.2, 0.25) is 0 Å². The molecular weight excluding hydrogens is 603 g/mol. The highest BCUT2D eigenvalue weighted by Gasteiger charge is 2.48. The molecule has 1 heterocycles. The van der Waals surface area contributed by atoms with Gasteiger partial charge in [-0.3, -0.25) is 0 Å². The first-order valence-electron chi connectivity index (χ1n) is 23.4. The summed E-state index contributed by atoms with van der Waals surface area (Å²) in [4.78, 5) is 0. The van der Waals surface area contributed by atoms with Crippen molar-refractivity contribution in [2.24, 2.45) is 82.3 Å². The average molecular weight is 680 g/mol. The van der Waals surface area contributed by atoms with Crippen LogP contribution < -0.4 is 5.32 Å². The van der Waals surface area contributed by atoms with Crippen molar-refractivity contribution in [3.63, 3.8) is 0 Å². The Hall–Kier alpha value is -0.820. The molecule has 0 aromatic carbocycles. The van der Waals surface area contributed by atoms with Crippen molar-refractivity contribution in [1.82, 2.24) is 5.32 Å². The number of hydrogen-bond donors (Lipinski definition) is 1. The molecule has 0 amide bonds. The normalized spacial score (nSPS) is 50.1. The van der Waals surface area contributed by atoms with E-state index in [9.17, 15) is 0 Å². The van der Waals surface area contributed by atoms with E-state index >= 15 is 0 Å². The molecule has 0 bridgehead atoms. The second-order valence-electron chi connectivity index (χ2n) is 21.1.